The van der Waals surface area contributed by atoms with E-state index in [1.807, 2.05) is 44.2 Å². The van der Waals surface area contributed by atoms with Crippen LogP contribution in [-0.2, 0) is 14.3 Å². The van der Waals surface area contributed by atoms with Gasteiger partial charge in [-0.2, -0.15) is 0 Å². The minimum Gasteiger partial charge on any atom is -0.458 e. The first-order chi connectivity index (χ1) is 13.3. The minimum absolute atomic E-state index is 0.355. The molecule has 1 amide bonds. The van der Waals surface area contributed by atoms with Gasteiger partial charge in [0, 0.05) is 11.0 Å². The molecule has 5 nitrogen and oxygen atoms in total. The third-order valence-electron chi connectivity index (χ3n) is 4.58. The number of carbonyl (C=O) groups excluding carboxylic acids is 2. The van der Waals surface area contributed by atoms with Crippen molar-refractivity contribution in [1.29, 1.82) is 0 Å². The predicted octanol–water partition coefficient (Wildman–Crippen LogP) is 4.68. The molecule has 1 aromatic rings. The number of fused-ring (bicyclic) bond motifs is 1. The normalized spacial score (nSPS) is 29.0. The van der Waals surface area contributed by atoms with E-state index in [-0.39, 0.29) is 0 Å². The summed E-state index contributed by atoms with van der Waals surface area (Å²) in [5, 5.41) is -0.116. The summed E-state index contributed by atoms with van der Waals surface area (Å²) < 4.78 is 4.98. The number of halogens is 2. The van der Waals surface area contributed by atoms with Crippen LogP contribution in [0.2, 0.25) is 0 Å². The Balaban J connectivity index is 1.80. The number of allylic oxidation sites excluding steroid dienone is 1. The monoisotopic (exact) mass is 454 g/mol. The van der Waals surface area contributed by atoms with Gasteiger partial charge >= 0.3 is 5.97 Å². The number of rotatable bonds is 4. The number of esters is 1. The third-order valence-corrected chi connectivity index (χ3v) is 7.00. The molecule has 2 saturated heterocycles. The van der Waals surface area contributed by atoms with Crippen LogP contribution in [0, 0.1) is 0 Å². The van der Waals surface area contributed by atoms with Crippen LogP contribution in [0.1, 0.15) is 40.2 Å². The van der Waals surface area contributed by atoms with E-state index >= 15 is 0 Å². The maximum Gasteiger partial charge on any atom is 0.330 e. The van der Waals surface area contributed by atoms with E-state index in [1.165, 1.54) is 22.9 Å². The van der Waals surface area contributed by atoms with Crippen molar-refractivity contribution in [3.8, 4) is 0 Å². The molecule has 2 aliphatic heterocycles. The zero-order valence-electron chi connectivity index (χ0n) is 17.0. The van der Waals surface area contributed by atoms with Gasteiger partial charge in [0.25, 0.3) is 5.91 Å². The van der Waals surface area contributed by atoms with Gasteiger partial charge in [0.1, 0.15) is 17.0 Å². The van der Waals surface area contributed by atoms with E-state index in [1.54, 1.807) is 26.8 Å². The molecule has 1 aromatic carbocycles. The van der Waals surface area contributed by atoms with Crippen molar-refractivity contribution in [2.45, 2.75) is 61.4 Å². The van der Waals surface area contributed by atoms with Crippen LogP contribution in [0.5, 0.6) is 0 Å². The van der Waals surface area contributed by atoms with E-state index < -0.39 is 38.6 Å². The summed E-state index contributed by atoms with van der Waals surface area (Å²) in [6.45, 7) is 9.20. The second-order valence-electron chi connectivity index (χ2n) is 8.59. The molecule has 0 spiro atoms. The van der Waals surface area contributed by atoms with E-state index in [0.29, 0.717) is 5.03 Å². The molecule has 3 atom stereocenters. The van der Waals surface area contributed by atoms with Gasteiger partial charge in [0.05, 0.1) is 5.03 Å². The molecule has 2 aliphatic rings. The Morgan fingerprint density at radius 1 is 1.28 bits per heavy atom. The molecular formula is C21H24Cl2N2O3S. The van der Waals surface area contributed by atoms with Crippen molar-refractivity contribution in [2.24, 2.45) is 4.99 Å². The minimum atomic E-state index is -1.48. The Morgan fingerprint density at radius 3 is 2.48 bits per heavy atom. The molecule has 3 rings (SSSR count). The molecule has 8 heteroatoms. The molecule has 156 valence electrons. The lowest BCUT2D eigenvalue weighted by Crippen LogP contribution is -2.70. The fourth-order valence-electron chi connectivity index (χ4n) is 3.36. The first kappa shape index (κ1) is 22.2. The first-order valence-corrected chi connectivity index (χ1v) is 10.9. The second-order valence-corrected chi connectivity index (χ2v) is 11.3. The van der Waals surface area contributed by atoms with Crippen LogP contribution >= 0.6 is 35.0 Å². The third kappa shape index (κ3) is 4.35. The summed E-state index contributed by atoms with van der Waals surface area (Å²) in [6, 6.07) is 8.80. The standard InChI is InChI=1S/C21H24Cl2N2O3S/c1-19(2,3)28-16(26)15-20(4,5)29-18-21(23,17(27)25(15)18)24-12-14(22)11-13-9-7-6-8-10-13/h6-12,15,18H,1-5H3/t15-,18+,21?/m0/s1. The largest absolute Gasteiger partial charge is 0.458 e. The Labute approximate surface area is 185 Å². The Kier molecular flexibility index (Phi) is 5.84. The van der Waals surface area contributed by atoms with Crippen molar-refractivity contribution in [2.75, 3.05) is 0 Å². The molecule has 1 unspecified atom stereocenters. The number of carbonyl (C=O) groups is 2. The SMILES string of the molecule is CC(C)(C)OC(=O)[C@@H]1N2C(=O)C(Cl)(N=CC(Cl)=Cc3ccccc3)[C@H]2SC1(C)C. The average molecular weight is 455 g/mol. The highest BCUT2D eigenvalue weighted by molar-refractivity contribution is 8.01. The Hall–Kier alpha value is -1.50. The van der Waals surface area contributed by atoms with Crippen molar-refractivity contribution < 1.29 is 14.3 Å². The van der Waals surface area contributed by atoms with Gasteiger partial charge in [-0.3, -0.25) is 9.79 Å². The lowest BCUT2D eigenvalue weighted by Gasteiger charge is -2.47. The van der Waals surface area contributed by atoms with E-state index in [4.69, 9.17) is 27.9 Å². The summed E-state index contributed by atoms with van der Waals surface area (Å²) in [4.78, 5) is 29.9. The summed E-state index contributed by atoms with van der Waals surface area (Å²) >= 11 is 14.3. The van der Waals surface area contributed by atoms with Crippen molar-refractivity contribution >= 4 is 59.1 Å². The fraction of sp³-hybridized carbons (Fsp3) is 0.476. The number of alkyl halides is 1. The van der Waals surface area contributed by atoms with Gasteiger partial charge in [0.15, 0.2) is 0 Å². The zero-order valence-corrected chi connectivity index (χ0v) is 19.3. The Bertz CT molecular complexity index is 880. The smallest absolute Gasteiger partial charge is 0.330 e. The number of aliphatic imine (C=N–C) groups is 1. The predicted molar refractivity (Wildman–Crippen MR) is 119 cm³/mol. The quantitative estimate of drug-likeness (QED) is 0.218. The highest BCUT2D eigenvalue weighted by Crippen LogP contribution is 2.58. The van der Waals surface area contributed by atoms with Gasteiger partial charge in [-0.1, -0.05) is 53.5 Å². The maximum absolute atomic E-state index is 12.9. The molecule has 0 aliphatic carbocycles. The van der Waals surface area contributed by atoms with Gasteiger partial charge in [-0.25, -0.2) is 4.79 Å². The number of benzene rings is 1. The van der Waals surface area contributed by atoms with Crippen molar-refractivity contribution in [3.05, 3.63) is 40.9 Å². The maximum atomic E-state index is 12.9. The van der Waals surface area contributed by atoms with Crippen LogP contribution in [-0.4, -0.2) is 49.8 Å². The molecule has 0 aromatic heterocycles. The van der Waals surface area contributed by atoms with Gasteiger partial charge in [0.2, 0.25) is 5.00 Å². The summed E-state index contributed by atoms with van der Waals surface area (Å²) in [7, 11) is 0. The second kappa shape index (κ2) is 7.64. The van der Waals surface area contributed by atoms with Crippen LogP contribution in [0.25, 0.3) is 6.08 Å². The van der Waals surface area contributed by atoms with Crippen LogP contribution in [0.3, 0.4) is 0 Å². The number of hydrogen-bond donors (Lipinski definition) is 0. The molecule has 0 bridgehead atoms. The summed E-state index contributed by atoms with van der Waals surface area (Å²) in [5.74, 6) is -0.853. The summed E-state index contributed by atoms with van der Waals surface area (Å²) in [6.07, 6.45) is 3.13. The lowest BCUT2D eigenvalue weighted by atomic mass is 9.95. The van der Waals surface area contributed by atoms with Gasteiger partial charge in [-0.15, -0.1) is 11.8 Å². The van der Waals surface area contributed by atoms with Crippen LogP contribution in [0.15, 0.2) is 40.4 Å². The van der Waals surface area contributed by atoms with E-state index in [9.17, 15) is 9.59 Å². The van der Waals surface area contributed by atoms with E-state index in [2.05, 4.69) is 4.99 Å². The molecule has 0 radical (unpaired) electrons. The number of ether oxygens (including phenoxy) is 1. The number of nitrogens with zero attached hydrogens (tertiary/aromatic N) is 2. The lowest BCUT2D eigenvalue weighted by molar-refractivity contribution is -0.171. The average Bonchev–Trinajstić information content (AvgIpc) is 2.88. The van der Waals surface area contributed by atoms with Crippen LogP contribution in [0.4, 0.5) is 0 Å². The molecule has 0 saturated carbocycles. The molecule has 0 N–H and O–H groups in total. The highest BCUT2D eigenvalue weighted by Gasteiger charge is 2.71. The zero-order chi connectivity index (χ0) is 21.6. The van der Waals surface area contributed by atoms with Crippen molar-refractivity contribution in [3.63, 3.8) is 0 Å². The van der Waals surface area contributed by atoms with Crippen LogP contribution < -0.4 is 0 Å². The van der Waals surface area contributed by atoms with Crippen molar-refractivity contribution in [1.82, 2.24) is 4.90 Å². The fourth-order valence-corrected chi connectivity index (χ4v) is 5.48. The highest BCUT2D eigenvalue weighted by atomic mass is 35.5. The number of thioether (sulfide) groups is 1. The molecular weight excluding hydrogens is 431 g/mol. The number of β-lactam (4-membered cyclic amide) rings is 1. The van der Waals surface area contributed by atoms with E-state index in [0.717, 1.165) is 5.56 Å². The van der Waals surface area contributed by atoms with Gasteiger partial charge in [-0.05, 0) is 46.3 Å². The number of amides is 1. The topological polar surface area (TPSA) is 59.0 Å². The Morgan fingerprint density at radius 2 is 1.90 bits per heavy atom. The summed E-state index contributed by atoms with van der Waals surface area (Å²) in [5.41, 5.74) is 0.269. The first-order valence-electron chi connectivity index (χ1n) is 9.25. The number of hydrogen-bond acceptors (Lipinski definition) is 5. The molecule has 29 heavy (non-hydrogen) atoms. The molecule has 2 heterocycles. The molecule has 2 fully saturated rings. The van der Waals surface area contributed by atoms with Gasteiger partial charge < -0.3 is 9.64 Å².